The number of carbonyl (C=O) groups excluding carboxylic acids is 1. The van der Waals surface area contributed by atoms with Gasteiger partial charge in [-0.2, -0.15) is 0 Å². The Hall–Kier alpha value is -0.0500. The fourth-order valence-electron chi connectivity index (χ4n) is 1.33. The second-order valence-electron chi connectivity index (χ2n) is 4.64. The van der Waals surface area contributed by atoms with Crippen LogP contribution in [0.1, 0.15) is 47.5 Å². The van der Waals surface area contributed by atoms with E-state index in [1.54, 1.807) is 0 Å². The molecule has 1 amide bonds. The molecule has 1 N–H and O–H groups in total. The molecular weight excluding hydrogens is 254 g/mol. The maximum atomic E-state index is 11.9. The van der Waals surface area contributed by atoms with Crippen molar-refractivity contribution in [1.29, 1.82) is 0 Å². The molecule has 0 aromatic heterocycles. The molecule has 0 fully saturated rings. The van der Waals surface area contributed by atoms with Gasteiger partial charge in [0.15, 0.2) is 0 Å². The molecule has 0 aromatic rings. The minimum atomic E-state index is -0.0692. The first-order chi connectivity index (χ1) is 6.92. The first-order valence-corrected chi connectivity index (χ1v) is 6.92. The average Bonchev–Trinajstić information content (AvgIpc) is 2.24. The van der Waals surface area contributed by atoms with Crippen molar-refractivity contribution in [3.8, 4) is 0 Å². The predicted octanol–water partition coefficient (Wildman–Crippen LogP) is 3.35. The number of hydrogen-bond donors (Lipinski definition) is 1. The van der Waals surface area contributed by atoms with Crippen molar-refractivity contribution in [2.24, 2.45) is 11.8 Å². The van der Waals surface area contributed by atoms with Crippen molar-refractivity contribution >= 4 is 21.8 Å². The third kappa shape index (κ3) is 4.13. The van der Waals surface area contributed by atoms with Crippen molar-refractivity contribution in [2.75, 3.05) is 5.33 Å². The van der Waals surface area contributed by atoms with Crippen LogP contribution >= 0.6 is 15.9 Å². The topological polar surface area (TPSA) is 29.1 Å². The Morgan fingerprint density at radius 3 is 2.00 bits per heavy atom. The van der Waals surface area contributed by atoms with Gasteiger partial charge >= 0.3 is 0 Å². The van der Waals surface area contributed by atoms with Crippen LogP contribution in [0.15, 0.2) is 0 Å². The Bertz CT molecular complexity index is 192. The molecule has 0 spiro atoms. The largest absolute Gasteiger partial charge is 0.350 e. The first-order valence-electron chi connectivity index (χ1n) is 5.80. The first kappa shape index (κ1) is 14.9. The lowest BCUT2D eigenvalue weighted by molar-refractivity contribution is -0.127. The molecule has 0 aliphatic heterocycles. The van der Waals surface area contributed by atoms with Crippen LogP contribution in [0.3, 0.4) is 0 Å². The molecule has 1 atom stereocenters. The van der Waals surface area contributed by atoms with E-state index >= 15 is 0 Å². The van der Waals surface area contributed by atoms with Crippen LogP contribution in [0.2, 0.25) is 0 Å². The van der Waals surface area contributed by atoms with E-state index in [-0.39, 0.29) is 17.4 Å². The Labute approximate surface area is 102 Å². The fourth-order valence-corrected chi connectivity index (χ4v) is 2.26. The van der Waals surface area contributed by atoms with E-state index in [0.29, 0.717) is 5.92 Å². The van der Waals surface area contributed by atoms with E-state index < -0.39 is 0 Å². The number of amides is 1. The summed E-state index contributed by atoms with van der Waals surface area (Å²) in [5.41, 5.74) is -0.0692. The Kier molecular flexibility index (Phi) is 6.49. The summed E-state index contributed by atoms with van der Waals surface area (Å²) in [4.78, 5) is 11.9. The van der Waals surface area contributed by atoms with Gasteiger partial charge in [0.2, 0.25) is 5.91 Å². The molecule has 0 aromatic carbocycles. The van der Waals surface area contributed by atoms with Gasteiger partial charge in [0, 0.05) is 16.8 Å². The zero-order chi connectivity index (χ0) is 12.1. The highest BCUT2D eigenvalue weighted by atomic mass is 79.9. The summed E-state index contributed by atoms with van der Waals surface area (Å²) < 4.78 is 0. The van der Waals surface area contributed by atoms with E-state index in [4.69, 9.17) is 0 Å². The van der Waals surface area contributed by atoms with E-state index in [1.165, 1.54) is 0 Å². The van der Waals surface area contributed by atoms with Crippen molar-refractivity contribution in [1.82, 2.24) is 5.32 Å². The molecule has 0 radical (unpaired) electrons. The number of carbonyl (C=O) groups is 1. The number of rotatable bonds is 6. The van der Waals surface area contributed by atoms with Crippen molar-refractivity contribution in [2.45, 2.75) is 53.0 Å². The number of halogens is 1. The zero-order valence-corrected chi connectivity index (χ0v) is 12.1. The van der Waals surface area contributed by atoms with Crippen molar-refractivity contribution in [3.05, 3.63) is 0 Å². The lowest BCUT2D eigenvalue weighted by Crippen LogP contribution is -2.51. The predicted molar refractivity (Wildman–Crippen MR) is 69.3 cm³/mol. The highest BCUT2D eigenvalue weighted by Crippen LogP contribution is 2.20. The van der Waals surface area contributed by atoms with Crippen LogP contribution in [0.4, 0.5) is 0 Å². The number of alkyl halides is 1. The van der Waals surface area contributed by atoms with Crippen molar-refractivity contribution in [3.63, 3.8) is 0 Å². The molecule has 0 saturated heterocycles. The minimum absolute atomic E-state index is 0.0692. The summed E-state index contributed by atoms with van der Waals surface area (Å²) in [6, 6.07) is 0. The molecule has 0 rings (SSSR count). The molecule has 0 heterocycles. The molecule has 3 heteroatoms. The molecule has 1 unspecified atom stereocenters. The van der Waals surface area contributed by atoms with Crippen LogP contribution < -0.4 is 5.32 Å². The maximum absolute atomic E-state index is 11.9. The summed E-state index contributed by atoms with van der Waals surface area (Å²) in [5.74, 6) is 0.654. The van der Waals surface area contributed by atoms with Crippen LogP contribution in [-0.4, -0.2) is 16.8 Å². The minimum Gasteiger partial charge on any atom is -0.350 e. The summed E-state index contributed by atoms with van der Waals surface area (Å²) >= 11 is 3.49. The molecule has 0 aliphatic rings. The number of hydrogen-bond acceptors (Lipinski definition) is 1. The SMILES string of the molecule is CCC(CC)(CBr)NC(=O)C(C)C(C)C. The van der Waals surface area contributed by atoms with Gasteiger partial charge in [-0.1, -0.05) is 50.5 Å². The van der Waals surface area contributed by atoms with Gasteiger partial charge in [-0.15, -0.1) is 0 Å². The molecular formula is C12H24BrNO. The molecule has 0 aliphatic carbocycles. The highest BCUT2D eigenvalue weighted by Gasteiger charge is 2.29. The summed E-state index contributed by atoms with van der Waals surface area (Å²) in [6.45, 7) is 10.4. The zero-order valence-electron chi connectivity index (χ0n) is 10.6. The van der Waals surface area contributed by atoms with Crippen LogP contribution in [0.5, 0.6) is 0 Å². The lowest BCUT2D eigenvalue weighted by atomic mass is 9.91. The van der Waals surface area contributed by atoms with Gasteiger partial charge in [-0.3, -0.25) is 4.79 Å². The van der Waals surface area contributed by atoms with Gasteiger partial charge < -0.3 is 5.32 Å². The van der Waals surface area contributed by atoms with Gasteiger partial charge in [0.1, 0.15) is 0 Å². The summed E-state index contributed by atoms with van der Waals surface area (Å²) in [6.07, 6.45) is 1.93. The molecule has 2 nitrogen and oxygen atoms in total. The van der Waals surface area contributed by atoms with E-state index in [0.717, 1.165) is 18.2 Å². The third-order valence-electron chi connectivity index (χ3n) is 3.41. The van der Waals surface area contributed by atoms with Crippen LogP contribution in [0.25, 0.3) is 0 Å². The molecule has 15 heavy (non-hydrogen) atoms. The standard InChI is InChI=1S/C12H24BrNO/c1-6-12(7-2,8-13)14-11(15)10(5)9(3)4/h9-10H,6-8H2,1-5H3,(H,14,15). The van der Waals surface area contributed by atoms with Crippen LogP contribution in [-0.2, 0) is 4.79 Å². The maximum Gasteiger partial charge on any atom is 0.223 e. The monoisotopic (exact) mass is 277 g/mol. The molecule has 0 saturated carbocycles. The normalized spacial score (nSPS) is 14.1. The second kappa shape index (κ2) is 6.51. The van der Waals surface area contributed by atoms with E-state index in [9.17, 15) is 4.79 Å². The van der Waals surface area contributed by atoms with E-state index in [1.807, 2.05) is 6.92 Å². The Morgan fingerprint density at radius 2 is 1.73 bits per heavy atom. The smallest absolute Gasteiger partial charge is 0.223 e. The van der Waals surface area contributed by atoms with Gasteiger partial charge in [-0.05, 0) is 18.8 Å². The summed E-state index contributed by atoms with van der Waals surface area (Å²) in [7, 11) is 0. The van der Waals surface area contributed by atoms with Gasteiger partial charge in [-0.25, -0.2) is 0 Å². The number of nitrogens with one attached hydrogen (secondary N) is 1. The highest BCUT2D eigenvalue weighted by molar-refractivity contribution is 9.09. The van der Waals surface area contributed by atoms with Crippen molar-refractivity contribution < 1.29 is 4.79 Å². The lowest BCUT2D eigenvalue weighted by Gasteiger charge is -2.32. The molecule has 90 valence electrons. The Morgan fingerprint density at radius 1 is 1.27 bits per heavy atom. The molecule has 0 bridgehead atoms. The fraction of sp³-hybridized carbons (Fsp3) is 0.917. The second-order valence-corrected chi connectivity index (χ2v) is 5.20. The van der Waals surface area contributed by atoms with Crippen LogP contribution in [0, 0.1) is 11.8 Å². The average molecular weight is 278 g/mol. The third-order valence-corrected chi connectivity index (χ3v) is 4.48. The van der Waals surface area contributed by atoms with E-state index in [2.05, 4.69) is 48.9 Å². The summed E-state index contributed by atoms with van der Waals surface area (Å²) in [5, 5.41) is 4.00. The quantitative estimate of drug-likeness (QED) is 0.742. The van der Waals surface area contributed by atoms with Gasteiger partial charge in [0.25, 0.3) is 0 Å². The van der Waals surface area contributed by atoms with Gasteiger partial charge in [0.05, 0.1) is 0 Å². The Balaban J connectivity index is 4.48.